The summed E-state index contributed by atoms with van der Waals surface area (Å²) in [4.78, 5) is 0. The lowest BCUT2D eigenvalue weighted by Crippen LogP contribution is -2.53. The number of hydrogen-bond donors (Lipinski definition) is 2. The van der Waals surface area contributed by atoms with E-state index < -0.39 is 10.2 Å². The Bertz CT molecular complexity index is 359. The highest BCUT2D eigenvalue weighted by Gasteiger charge is 2.32. The zero-order valence-electron chi connectivity index (χ0n) is 13.0. The number of rotatable bonds is 9. The predicted molar refractivity (Wildman–Crippen MR) is 83.7 cm³/mol. The molecule has 0 bridgehead atoms. The van der Waals surface area contributed by atoms with Gasteiger partial charge in [-0.1, -0.05) is 39.5 Å². The molecule has 1 heterocycles. The molecule has 0 saturated carbocycles. The molecule has 120 valence electrons. The first kappa shape index (κ1) is 17.9. The predicted octanol–water partition coefficient (Wildman–Crippen LogP) is 1.99. The van der Waals surface area contributed by atoms with Crippen molar-refractivity contribution in [3.8, 4) is 0 Å². The third-order valence-corrected chi connectivity index (χ3v) is 5.74. The van der Waals surface area contributed by atoms with Gasteiger partial charge in [0.15, 0.2) is 0 Å². The minimum Gasteiger partial charge on any atom is -0.329 e. The van der Waals surface area contributed by atoms with Crippen LogP contribution in [0.3, 0.4) is 0 Å². The van der Waals surface area contributed by atoms with E-state index >= 15 is 0 Å². The van der Waals surface area contributed by atoms with Crippen molar-refractivity contribution in [1.82, 2.24) is 9.03 Å². The molecule has 0 radical (unpaired) electrons. The van der Waals surface area contributed by atoms with Gasteiger partial charge in [0.2, 0.25) is 0 Å². The van der Waals surface area contributed by atoms with Crippen molar-refractivity contribution in [3.63, 3.8) is 0 Å². The first-order valence-corrected chi connectivity index (χ1v) is 9.48. The topological polar surface area (TPSA) is 75.4 Å². The van der Waals surface area contributed by atoms with Crippen LogP contribution in [0.1, 0.15) is 65.2 Å². The molecule has 1 rings (SSSR count). The Morgan fingerprint density at radius 3 is 2.60 bits per heavy atom. The number of nitrogens with one attached hydrogen (secondary N) is 1. The van der Waals surface area contributed by atoms with Crippen LogP contribution in [0, 0.1) is 0 Å². The molecule has 0 aromatic rings. The van der Waals surface area contributed by atoms with Gasteiger partial charge < -0.3 is 5.73 Å². The summed E-state index contributed by atoms with van der Waals surface area (Å²) >= 11 is 0. The van der Waals surface area contributed by atoms with Crippen LogP contribution in [-0.4, -0.2) is 37.9 Å². The summed E-state index contributed by atoms with van der Waals surface area (Å²) in [6.07, 6.45) is 7.87. The Hall–Kier alpha value is -0.170. The smallest absolute Gasteiger partial charge is 0.279 e. The third-order valence-electron chi connectivity index (χ3n) is 4.01. The van der Waals surface area contributed by atoms with Crippen molar-refractivity contribution in [2.24, 2.45) is 5.73 Å². The van der Waals surface area contributed by atoms with E-state index in [0.29, 0.717) is 13.1 Å². The Morgan fingerprint density at radius 2 is 2.00 bits per heavy atom. The van der Waals surface area contributed by atoms with E-state index in [9.17, 15) is 8.42 Å². The van der Waals surface area contributed by atoms with Crippen LogP contribution < -0.4 is 10.5 Å². The second kappa shape index (κ2) is 8.97. The van der Waals surface area contributed by atoms with E-state index in [1.165, 1.54) is 0 Å². The zero-order valence-corrected chi connectivity index (χ0v) is 13.8. The van der Waals surface area contributed by atoms with Gasteiger partial charge in [-0.3, -0.25) is 0 Å². The normalized spacial score (nSPS) is 22.9. The fourth-order valence-electron chi connectivity index (χ4n) is 2.87. The molecule has 0 aliphatic carbocycles. The molecule has 5 nitrogen and oxygen atoms in total. The van der Waals surface area contributed by atoms with Gasteiger partial charge in [-0.25, -0.2) is 0 Å². The maximum Gasteiger partial charge on any atom is 0.279 e. The maximum absolute atomic E-state index is 12.6. The van der Waals surface area contributed by atoms with Crippen LogP contribution in [0.2, 0.25) is 0 Å². The Kier molecular flexibility index (Phi) is 8.02. The van der Waals surface area contributed by atoms with Crippen molar-refractivity contribution in [2.75, 3.05) is 13.1 Å². The highest BCUT2D eigenvalue weighted by molar-refractivity contribution is 7.87. The van der Waals surface area contributed by atoms with Gasteiger partial charge in [0.1, 0.15) is 0 Å². The molecule has 1 aliphatic heterocycles. The quantitative estimate of drug-likeness (QED) is 0.684. The number of piperidine rings is 1. The van der Waals surface area contributed by atoms with Gasteiger partial charge in [-0.2, -0.15) is 17.4 Å². The number of hydrogen-bond acceptors (Lipinski definition) is 3. The molecule has 1 saturated heterocycles. The van der Waals surface area contributed by atoms with E-state index in [4.69, 9.17) is 5.73 Å². The molecule has 0 spiro atoms. The first-order valence-electron chi connectivity index (χ1n) is 8.04. The van der Waals surface area contributed by atoms with Gasteiger partial charge >= 0.3 is 0 Å². The molecule has 2 atom stereocenters. The molecule has 20 heavy (non-hydrogen) atoms. The summed E-state index contributed by atoms with van der Waals surface area (Å²) in [6, 6.07) is 0.0278. The van der Waals surface area contributed by atoms with Crippen LogP contribution in [0.25, 0.3) is 0 Å². The summed E-state index contributed by atoms with van der Waals surface area (Å²) in [6.45, 7) is 5.24. The second-order valence-electron chi connectivity index (χ2n) is 5.75. The maximum atomic E-state index is 12.6. The van der Waals surface area contributed by atoms with Gasteiger partial charge in [-0.15, -0.1) is 0 Å². The number of nitrogens with two attached hydrogens (primary N) is 1. The lowest BCUT2D eigenvalue weighted by molar-refractivity contribution is 0.252. The summed E-state index contributed by atoms with van der Waals surface area (Å²) in [5.74, 6) is 0. The van der Waals surface area contributed by atoms with Crippen LogP contribution in [0.5, 0.6) is 0 Å². The zero-order chi connectivity index (χ0) is 15.0. The van der Waals surface area contributed by atoms with Crippen LogP contribution >= 0.6 is 0 Å². The molecule has 3 N–H and O–H groups in total. The standard InChI is InChI=1S/C14H31N3O2S/c1-3-5-9-13(8-4-2)16-20(18,19)17-11-7-6-10-14(17)12-15/h13-14,16H,3-12,15H2,1-2H3. The molecule has 0 aromatic heterocycles. The highest BCUT2D eigenvalue weighted by atomic mass is 32.2. The third kappa shape index (κ3) is 5.31. The average molecular weight is 305 g/mol. The molecule has 0 aromatic carbocycles. The number of nitrogens with zero attached hydrogens (tertiary/aromatic N) is 1. The first-order chi connectivity index (χ1) is 9.55. The van der Waals surface area contributed by atoms with Gasteiger partial charge in [0.25, 0.3) is 10.2 Å². The van der Waals surface area contributed by atoms with E-state index in [1.807, 2.05) is 0 Å². The summed E-state index contributed by atoms with van der Waals surface area (Å²) in [7, 11) is -3.39. The van der Waals surface area contributed by atoms with Crippen molar-refractivity contribution >= 4 is 10.2 Å². The van der Waals surface area contributed by atoms with Crippen LogP contribution in [-0.2, 0) is 10.2 Å². The van der Waals surface area contributed by atoms with E-state index in [2.05, 4.69) is 18.6 Å². The molecular formula is C14H31N3O2S. The molecule has 6 heteroatoms. The molecule has 0 amide bonds. The van der Waals surface area contributed by atoms with Crippen molar-refractivity contribution in [2.45, 2.75) is 77.3 Å². The molecule has 2 unspecified atom stereocenters. The fraction of sp³-hybridized carbons (Fsp3) is 1.00. The number of unbranched alkanes of at least 4 members (excludes halogenated alkanes) is 1. The van der Waals surface area contributed by atoms with Crippen LogP contribution in [0.15, 0.2) is 0 Å². The minimum atomic E-state index is -3.39. The van der Waals surface area contributed by atoms with E-state index in [0.717, 1.165) is 51.4 Å². The van der Waals surface area contributed by atoms with E-state index in [-0.39, 0.29) is 12.1 Å². The summed E-state index contributed by atoms with van der Waals surface area (Å²) in [5, 5.41) is 0. The molecular weight excluding hydrogens is 274 g/mol. The fourth-order valence-corrected chi connectivity index (χ4v) is 4.61. The highest BCUT2D eigenvalue weighted by Crippen LogP contribution is 2.20. The van der Waals surface area contributed by atoms with Gasteiger partial charge in [0, 0.05) is 25.2 Å². The van der Waals surface area contributed by atoms with Crippen molar-refractivity contribution in [3.05, 3.63) is 0 Å². The lowest BCUT2D eigenvalue weighted by Gasteiger charge is -2.35. The summed E-state index contributed by atoms with van der Waals surface area (Å²) in [5.41, 5.74) is 5.73. The Morgan fingerprint density at radius 1 is 1.25 bits per heavy atom. The molecule has 1 aliphatic rings. The van der Waals surface area contributed by atoms with Gasteiger partial charge in [0.05, 0.1) is 0 Å². The Labute approximate surface area is 124 Å². The van der Waals surface area contributed by atoms with Crippen molar-refractivity contribution in [1.29, 1.82) is 0 Å². The minimum absolute atomic E-state index is 0.0327. The second-order valence-corrected chi connectivity index (χ2v) is 7.40. The van der Waals surface area contributed by atoms with Crippen LogP contribution in [0.4, 0.5) is 0 Å². The largest absolute Gasteiger partial charge is 0.329 e. The molecule has 1 fully saturated rings. The van der Waals surface area contributed by atoms with E-state index in [1.54, 1.807) is 4.31 Å². The van der Waals surface area contributed by atoms with Gasteiger partial charge in [-0.05, 0) is 25.7 Å². The Balaban J connectivity index is 2.69. The monoisotopic (exact) mass is 305 g/mol. The summed E-state index contributed by atoms with van der Waals surface area (Å²) < 4.78 is 29.6. The van der Waals surface area contributed by atoms with Crippen molar-refractivity contribution < 1.29 is 8.42 Å². The average Bonchev–Trinajstić information content (AvgIpc) is 2.44. The lowest BCUT2D eigenvalue weighted by atomic mass is 10.1. The SMILES string of the molecule is CCCCC(CCC)NS(=O)(=O)N1CCCCC1CN.